The molecule has 0 radical (unpaired) electrons. The van der Waals surface area contributed by atoms with Crippen LogP contribution in [0.15, 0.2) is 48.3 Å². The first-order chi connectivity index (χ1) is 10.2. The molecule has 0 atom stereocenters. The van der Waals surface area contributed by atoms with Crippen LogP contribution in [0.25, 0.3) is 5.57 Å². The second kappa shape index (κ2) is 5.34. The largest absolute Gasteiger partial charge is 0.293 e. The summed E-state index contributed by atoms with van der Waals surface area (Å²) in [5, 5.41) is 9.38. The number of Topliss-reactive ketones (excluding diaryl/α,β-unsaturated/α-hetero) is 1. The molecule has 21 heavy (non-hydrogen) atoms. The normalized spacial score (nSPS) is 13.8. The van der Waals surface area contributed by atoms with Gasteiger partial charge >= 0.3 is 0 Å². The number of benzene rings is 1. The van der Waals surface area contributed by atoms with Crippen LogP contribution in [0, 0.1) is 11.3 Å². The first-order valence-electron chi connectivity index (χ1n) is 6.94. The van der Waals surface area contributed by atoms with Gasteiger partial charge < -0.3 is 0 Å². The van der Waals surface area contributed by atoms with E-state index in [1.54, 1.807) is 12.4 Å². The van der Waals surface area contributed by atoms with Gasteiger partial charge in [0.1, 0.15) is 11.6 Å². The van der Waals surface area contributed by atoms with Crippen molar-refractivity contribution in [3.63, 3.8) is 0 Å². The molecular formula is C18H14N2O. The molecule has 1 aromatic heterocycles. The van der Waals surface area contributed by atoms with Crippen LogP contribution in [0.1, 0.15) is 29.2 Å². The minimum absolute atomic E-state index is 0.132. The number of carbonyl (C=O) groups excluding carboxylic acids is 1. The second-order valence-corrected chi connectivity index (χ2v) is 5.05. The number of allylic oxidation sites excluding steroid dienone is 1. The molecule has 3 rings (SSSR count). The monoisotopic (exact) mass is 274 g/mol. The fourth-order valence-corrected chi connectivity index (χ4v) is 2.67. The van der Waals surface area contributed by atoms with E-state index in [0.29, 0.717) is 0 Å². The van der Waals surface area contributed by atoms with Gasteiger partial charge in [-0.25, -0.2) is 0 Å². The molecular weight excluding hydrogens is 260 g/mol. The number of hydrogen-bond acceptors (Lipinski definition) is 3. The van der Waals surface area contributed by atoms with Crippen molar-refractivity contribution in [1.82, 2.24) is 4.98 Å². The number of nitriles is 1. The molecule has 3 heteroatoms. The number of aryl methyl sites for hydroxylation is 1. The smallest absolute Gasteiger partial charge is 0.178 e. The van der Waals surface area contributed by atoms with Crippen LogP contribution in [0.4, 0.5) is 0 Å². The molecule has 0 fully saturated rings. The number of pyridine rings is 1. The van der Waals surface area contributed by atoms with E-state index >= 15 is 0 Å². The van der Waals surface area contributed by atoms with Crippen LogP contribution >= 0.6 is 0 Å². The third-order valence-electron chi connectivity index (χ3n) is 3.82. The molecule has 1 aromatic carbocycles. The number of aromatic nitrogens is 1. The van der Waals surface area contributed by atoms with Crippen molar-refractivity contribution in [2.75, 3.05) is 0 Å². The van der Waals surface area contributed by atoms with E-state index in [0.717, 1.165) is 28.7 Å². The molecule has 1 aliphatic rings. The number of ketones is 1. The van der Waals surface area contributed by atoms with Gasteiger partial charge in [0.15, 0.2) is 5.78 Å². The van der Waals surface area contributed by atoms with Gasteiger partial charge in [-0.1, -0.05) is 31.2 Å². The molecule has 0 saturated heterocycles. The highest BCUT2D eigenvalue weighted by Crippen LogP contribution is 2.34. The first kappa shape index (κ1) is 13.3. The summed E-state index contributed by atoms with van der Waals surface area (Å²) in [6, 6.07) is 12.0. The summed E-state index contributed by atoms with van der Waals surface area (Å²) in [5.74, 6) is -0.132. The van der Waals surface area contributed by atoms with Crippen molar-refractivity contribution in [3.05, 3.63) is 70.6 Å². The Morgan fingerprint density at radius 1 is 1.24 bits per heavy atom. The molecule has 102 valence electrons. The van der Waals surface area contributed by atoms with E-state index in [-0.39, 0.29) is 17.8 Å². The number of hydrogen-bond donors (Lipinski definition) is 0. The topological polar surface area (TPSA) is 53.8 Å². The molecule has 1 heterocycles. The third kappa shape index (κ3) is 2.25. The Morgan fingerprint density at radius 3 is 2.67 bits per heavy atom. The van der Waals surface area contributed by atoms with Gasteiger partial charge in [-0.2, -0.15) is 5.26 Å². The standard InChI is InChI=1S/C18H14N2O/c1-2-12-3-5-13(6-4-12)18-15-7-8-20-11-14(15)9-17(21)16(18)10-19/h3-8,11H,2,9H2,1H3. The Morgan fingerprint density at radius 2 is 2.00 bits per heavy atom. The lowest BCUT2D eigenvalue weighted by Gasteiger charge is -2.19. The van der Waals surface area contributed by atoms with E-state index in [9.17, 15) is 10.1 Å². The zero-order valence-electron chi connectivity index (χ0n) is 11.8. The van der Waals surface area contributed by atoms with Gasteiger partial charge in [0, 0.05) is 24.4 Å². The van der Waals surface area contributed by atoms with Crippen molar-refractivity contribution in [1.29, 1.82) is 5.26 Å². The highest BCUT2D eigenvalue weighted by Gasteiger charge is 2.26. The van der Waals surface area contributed by atoms with Crippen molar-refractivity contribution >= 4 is 11.4 Å². The Hall–Kier alpha value is -2.73. The van der Waals surface area contributed by atoms with Gasteiger partial charge in [0.05, 0.1) is 0 Å². The van der Waals surface area contributed by atoms with Gasteiger partial charge in [-0.3, -0.25) is 9.78 Å². The quantitative estimate of drug-likeness (QED) is 0.845. The van der Waals surface area contributed by atoms with Crippen LogP contribution in [0.2, 0.25) is 0 Å². The van der Waals surface area contributed by atoms with Crippen molar-refractivity contribution in [2.24, 2.45) is 0 Å². The summed E-state index contributed by atoms with van der Waals surface area (Å²) in [6.45, 7) is 2.10. The lowest BCUT2D eigenvalue weighted by molar-refractivity contribution is -0.114. The SMILES string of the molecule is CCc1ccc(C2=C(C#N)C(=O)Cc3cnccc32)cc1. The number of nitrogens with zero attached hydrogens (tertiary/aromatic N) is 2. The predicted molar refractivity (Wildman–Crippen MR) is 80.4 cm³/mol. The number of fused-ring (bicyclic) bond motifs is 1. The van der Waals surface area contributed by atoms with Crippen LogP contribution in [0.5, 0.6) is 0 Å². The Bertz CT molecular complexity index is 780. The summed E-state index contributed by atoms with van der Waals surface area (Å²) < 4.78 is 0. The average molecular weight is 274 g/mol. The van der Waals surface area contributed by atoms with E-state index in [1.165, 1.54) is 5.56 Å². The summed E-state index contributed by atoms with van der Waals surface area (Å²) in [4.78, 5) is 16.3. The van der Waals surface area contributed by atoms with E-state index in [2.05, 4.69) is 18.0 Å². The molecule has 0 unspecified atom stereocenters. The van der Waals surface area contributed by atoms with E-state index in [4.69, 9.17) is 0 Å². The first-order valence-corrected chi connectivity index (χ1v) is 6.94. The van der Waals surface area contributed by atoms with Crippen LogP contribution in [0.3, 0.4) is 0 Å². The molecule has 0 amide bonds. The third-order valence-corrected chi connectivity index (χ3v) is 3.82. The summed E-state index contributed by atoms with van der Waals surface area (Å²) in [6.07, 6.45) is 4.62. The highest BCUT2D eigenvalue weighted by atomic mass is 16.1. The summed E-state index contributed by atoms with van der Waals surface area (Å²) >= 11 is 0. The number of carbonyl (C=O) groups is 1. The molecule has 2 aromatic rings. The lowest BCUT2D eigenvalue weighted by atomic mass is 9.82. The maximum Gasteiger partial charge on any atom is 0.178 e. The summed E-state index contributed by atoms with van der Waals surface area (Å²) in [7, 11) is 0. The van der Waals surface area contributed by atoms with Crippen LogP contribution in [-0.4, -0.2) is 10.8 Å². The van der Waals surface area contributed by atoms with Crippen LogP contribution in [-0.2, 0) is 17.6 Å². The molecule has 0 N–H and O–H groups in total. The number of rotatable bonds is 2. The van der Waals surface area contributed by atoms with Crippen molar-refractivity contribution in [2.45, 2.75) is 19.8 Å². The molecule has 3 nitrogen and oxygen atoms in total. The minimum atomic E-state index is -0.132. The van der Waals surface area contributed by atoms with E-state index < -0.39 is 0 Å². The van der Waals surface area contributed by atoms with Crippen LogP contribution < -0.4 is 0 Å². The molecule has 0 bridgehead atoms. The lowest BCUT2D eigenvalue weighted by Crippen LogP contribution is -2.16. The van der Waals surface area contributed by atoms with E-state index in [1.807, 2.05) is 30.3 Å². The fourth-order valence-electron chi connectivity index (χ4n) is 2.67. The second-order valence-electron chi connectivity index (χ2n) is 5.05. The zero-order valence-corrected chi connectivity index (χ0v) is 11.8. The molecule has 0 aliphatic heterocycles. The minimum Gasteiger partial charge on any atom is -0.293 e. The molecule has 0 spiro atoms. The van der Waals surface area contributed by atoms with Gasteiger partial charge in [-0.05, 0) is 34.7 Å². The maximum atomic E-state index is 12.2. The van der Waals surface area contributed by atoms with Gasteiger partial charge in [0.25, 0.3) is 0 Å². The van der Waals surface area contributed by atoms with Gasteiger partial charge in [-0.15, -0.1) is 0 Å². The Labute approximate surface area is 123 Å². The zero-order chi connectivity index (χ0) is 14.8. The Kier molecular flexibility index (Phi) is 3.37. The molecule has 1 aliphatic carbocycles. The fraction of sp³-hybridized carbons (Fsp3) is 0.167. The maximum absolute atomic E-state index is 12.2. The Balaban J connectivity index is 2.24. The van der Waals surface area contributed by atoms with Crippen molar-refractivity contribution < 1.29 is 4.79 Å². The average Bonchev–Trinajstić information content (AvgIpc) is 2.53. The van der Waals surface area contributed by atoms with Crippen molar-refractivity contribution in [3.8, 4) is 6.07 Å². The highest BCUT2D eigenvalue weighted by molar-refractivity contribution is 6.12. The summed E-state index contributed by atoms with van der Waals surface area (Å²) in [5.41, 5.74) is 4.94. The van der Waals surface area contributed by atoms with Gasteiger partial charge in [0.2, 0.25) is 0 Å². The molecule has 0 saturated carbocycles. The predicted octanol–water partition coefficient (Wildman–Crippen LogP) is 3.09.